The molecular weight excluding hydrogens is 773 g/mol. The monoisotopic (exact) mass is 810 g/mol. The van der Waals surface area contributed by atoms with Crippen LogP contribution in [0.25, 0.3) is 16.7 Å². The number of aliphatic imine (C=N–C) groups is 2. The second-order valence-electron chi connectivity index (χ2n) is 16.3. The Kier molecular flexibility index (Phi) is 8.55. The van der Waals surface area contributed by atoms with Crippen molar-refractivity contribution in [3.63, 3.8) is 0 Å². The summed E-state index contributed by atoms with van der Waals surface area (Å²) in [5.41, 5.74) is 16.7. The van der Waals surface area contributed by atoms with Crippen molar-refractivity contribution >= 4 is 29.0 Å². The van der Waals surface area contributed by atoms with Crippen LogP contribution < -0.4 is 5.32 Å². The molecule has 2 atom stereocenters. The molecule has 292 valence electrons. The van der Waals surface area contributed by atoms with Crippen molar-refractivity contribution in [1.29, 1.82) is 5.26 Å². The lowest BCUT2D eigenvalue weighted by atomic mass is 9.67. The maximum Gasteiger partial charge on any atom is 0.160 e. The molecule has 8 aromatic rings. The topological polar surface area (TPSA) is 60.5 Å². The molecule has 0 fully saturated rings. The van der Waals surface area contributed by atoms with E-state index in [0.717, 1.165) is 34.5 Å². The molecule has 0 saturated carbocycles. The van der Waals surface area contributed by atoms with E-state index in [2.05, 4.69) is 193 Å². The van der Waals surface area contributed by atoms with Gasteiger partial charge in [0.1, 0.15) is 12.0 Å². The van der Waals surface area contributed by atoms with E-state index in [1.165, 1.54) is 65.4 Å². The lowest BCUT2D eigenvalue weighted by Crippen LogP contribution is -2.34. The Bertz CT molecular complexity index is 3180. The maximum absolute atomic E-state index is 9.58. The maximum atomic E-state index is 9.58. The summed E-state index contributed by atoms with van der Waals surface area (Å²) >= 11 is 1.86. The minimum Gasteiger partial charge on any atom is -0.344 e. The van der Waals surface area contributed by atoms with Crippen molar-refractivity contribution in [1.82, 2.24) is 5.32 Å². The molecule has 0 saturated heterocycles. The second-order valence-corrected chi connectivity index (χ2v) is 17.4. The molecule has 8 aromatic carbocycles. The number of hydrogen-bond acceptors (Lipinski definition) is 5. The van der Waals surface area contributed by atoms with Gasteiger partial charge in [0, 0.05) is 26.8 Å². The highest BCUT2D eigenvalue weighted by Gasteiger charge is 2.50. The fraction of sp³-hybridized carbons (Fsp3) is 0.0702. The van der Waals surface area contributed by atoms with Gasteiger partial charge < -0.3 is 5.32 Å². The first-order valence-electron chi connectivity index (χ1n) is 21.2. The van der Waals surface area contributed by atoms with Crippen molar-refractivity contribution in [2.75, 3.05) is 0 Å². The Morgan fingerprint density at radius 3 is 1.90 bits per heavy atom. The third-order valence-electron chi connectivity index (χ3n) is 13.0. The lowest BCUT2D eigenvalue weighted by molar-refractivity contribution is 0.674. The van der Waals surface area contributed by atoms with Crippen molar-refractivity contribution in [3.05, 3.63) is 267 Å². The molecule has 1 N–H and O–H groups in total. The zero-order chi connectivity index (χ0) is 41.2. The first-order chi connectivity index (χ1) is 30.7. The van der Waals surface area contributed by atoms with E-state index in [9.17, 15) is 5.26 Å². The zero-order valence-corrected chi connectivity index (χ0v) is 34.5. The largest absolute Gasteiger partial charge is 0.344 e. The molecule has 2 aliphatic carbocycles. The molecule has 4 nitrogen and oxygen atoms in total. The number of hydrogen-bond donors (Lipinski definition) is 1. The summed E-state index contributed by atoms with van der Waals surface area (Å²) in [6.45, 7) is 0. The average Bonchev–Trinajstić information content (AvgIpc) is 3.63. The van der Waals surface area contributed by atoms with E-state index in [4.69, 9.17) is 9.98 Å². The molecular formula is C57H38N4S. The second kappa shape index (κ2) is 14.6. The Balaban J connectivity index is 1.16. The Hall–Kier alpha value is -7.52. The number of benzene rings is 8. The van der Waals surface area contributed by atoms with Gasteiger partial charge in [0.05, 0.1) is 17.0 Å². The SMILES string of the molecule is N#Cc1ccc(C2CC=C(c3cc4c(cc3C3=NC(c5ccccc5)NC(c5ccccc5)=N3)C3(c5ccccc5Sc5ccccc53)c3ccccc3-4)c3ccccc32)cc1. The highest BCUT2D eigenvalue weighted by molar-refractivity contribution is 7.99. The minimum atomic E-state index is -0.560. The van der Waals surface area contributed by atoms with Crippen LogP contribution in [0.5, 0.6) is 0 Å². The van der Waals surface area contributed by atoms with E-state index in [-0.39, 0.29) is 12.1 Å². The lowest BCUT2D eigenvalue weighted by Gasteiger charge is -2.40. The third-order valence-corrected chi connectivity index (χ3v) is 14.2. The Morgan fingerprint density at radius 2 is 1.18 bits per heavy atom. The summed E-state index contributed by atoms with van der Waals surface area (Å²) in [6.07, 6.45) is 2.88. The van der Waals surface area contributed by atoms with Crippen LogP contribution in [-0.4, -0.2) is 11.7 Å². The molecule has 2 unspecified atom stereocenters. The normalized spacial score (nSPS) is 17.4. The molecule has 62 heavy (non-hydrogen) atoms. The van der Waals surface area contributed by atoms with Crippen molar-refractivity contribution in [2.45, 2.75) is 33.7 Å². The molecule has 1 spiro atoms. The minimum absolute atomic E-state index is 0.152. The fourth-order valence-corrected chi connectivity index (χ4v) is 11.5. The van der Waals surface area contributed by atoms with Crippen molar-refractivity contribution in [3.8, 4) is 17.2 Å². The average molecular weight is 811 g/mol. The van der Waals surface area contributed by atoms with Gasteiger partial charge in [-0.25, -0.2) is 9.98 Å². The van der Waals surface area contributed by atoms with Crippen LogP contribution in [0.15, 0.2) is 220 Å². The van der Waals surface area contributed by atoms with E-state index >= 15 is 0 Å². The first kappa shape index (κ1) is 36.3. The molecule has 12 rings (SSSR count). The standard InChI is InChI=1S/C57H38N4S/c58-35-36-27-29-37(30-28-36)40-31-32-43(42-20-8-7-19-41(40)42)45-33-46-44-21-9-10-22-48(44)57(49-23-11-13-25-52(49)62-53-26-14-12-24-50(53)57)51(46)34-47(45)56-60-54(38-15-3-1-4-16-38)59-55(61-56)39-17-5-2-6-18-39/h1-30,32-34,40,54H,31H2,(H,59,60,61). The van der Waals surface area contributed by atoms with Gasteiger partial charge in [-0.1, -0.05) is 176 Å². The predicted molar refractivity (Wildman–Crippen MR) is 251 cm³/mol. The van der Waals surface area contributed by atoms with Crippen LogP contribution in [0, 0.1) is 11.3 Å². The highest BCUT2D eigenvalue weighted by Crippen LogP contribution is 2.63. The molecule has 0 aromatic heterocycles. The van der Waals surface area contributed by atoms with Crippen LogP contribution in [0.1, 0.15) is 85.3 Å². The van der Waals surface area contributed by atoms with Gasteiger partial charge in [0.25, 0.3) is 0 Å². The van der Waals surface area contributed by atoms with Crippen LogP contribution in [0.3, 0.4) is 0 Å². The molecule has 0 bridgehead atoms. The summed E-state index contributed by atoms with van der Waals surface area (Å²) in [7, 11) is 0. The van der Waals surface area contributed by atoms with Gasteiger partial charge in [0.15, 0.2) is 5.84 Å². The van der Waals surface area contributed by atoms with E-state index in [1.807, 2.05) is 30.0 Å². The number of allylic oxidation sites excluding steroid dienone is 1. The Labute approximate surface area is 365 Å². The van der Waals surface area contributed by atoms with Crippen LogP contribution in [0.2, 0.25) is 0 Å². The van der Waals surface area contributed by atoms with Gasteiger partial charge >= 0.3 is 0 Å². The summed E-state index contributed by atoms with van der Waals surface area (Å²) in [5, 5.41) is 13.3. The molecule has 0 amide bonds. The summed E-state index contributed by atoms with van der Waals surface area (Å²) in [6, 6.07) is 72.0. The number of fused-ring (bicyclic) bond motifs is 10. The van der Waals surface area contributed by atoms with Crippen molar-refractivity contribution < 1.29 is 0 Å². The van der Waals surface area contributed by atoms with Gasteiger partial charge in [-0.2, -0.15) is 5.26 Å². The summed E-state index contributed by atoms with van der Waals surface area (Å²) < 4.78 is 0. The summed E-state index contributed by atoms with van der Waals surface area (Å²) in [4.78, 5) is 13.6. The van der Waals surface area contributed by atoms with Crippen molar-refractivity contribution in [2.24, 2.45) is 9.98 Å². The molecule has 0 radical (unpaired) electrons. The number of rotatable bonds is 5. The van der Waals surface area contributed by atoms with E-state index < -0.39 is 5.41 Å². The van der Waals surface area contributed by atoms with Gasteiger partial charge in [-0.15, -0.1) is 0 Å². The number of nitrogens with one attached hydrogen (secondary N) is 1. The van der Waals surface area contributed by atoms with Crippen LogP contribution in [0.4, 0.5) is 0 Å². The zero-order valence-electron chi connectivity index (χ0n) is 33.7. The highest BCUT2D eigenvalue weighted by atomic mass is 32.2. The molecule has 5 heteroatoms. The predicted octanol–water partition coefficient (Wildman–Crippen LogP) is 12.8. The Morgan fingerprint density at radius 1 is 0.548 bits per heavy atom. The molecule has 2 aliphatic heterocycles. The van der Waals surface area contributed by atoms with Crippen LogP contribution >= 0.6 is 11.8 Å². The summed E-state index contributed by atoms with van der Waals surface area (Å²) in [5.74, 6) is 1.64. The molecule has 2 heterocycles. The number of nitriles is 1. The number of nitrogens with zero attached hydrogens (tertiary/aromatic N) is 3. The smallest absolute Gasteiger partial charge is 0.160 e. The van der Waals surface area contributed by atoms with Crippen LogP contribution in [-0.2, 0) is 5.41 Å². The van der Waals surface area contributed by atoms with Gasteiger partial charge in [0.2, 0.25) is 0 Å². The van der Waals surface area contributed by atoms with Gasteiger partial charge in [-0.3, -0.25) is 0 Å². The third kappa shape index (κ3) is 5.61. The number of amidine groups is 2. The first-order valence-corrected chi connectivity index (χ1v) is 22.0. The quantitative estimate of drug-likeness (QED) is 0.188. The fourth-order valence-electron chi connectivity index (χ4n) is 10.3. The van der Waals surface area contributed by atoms with Gasteiger partial charge in [-0.05, 0) is 110 Å². The van der Waals surface area contributed by atoms with E-state index in [0.29, 0.717) is 11.4 Å². The molecule has 4 aliphatic rings. The van der Waals surface area contributed by atoms with E-state index in [1.54, 1.807) is 0 Å².